The van der Waals surface area contributed by atoms with Gasteiger partial charge >= 0.3 is 5.97 Å². The molecular formula is C41H53N5O6. The average Bonchev–Trinajstić information content (AvgIpc) is 3.64. The van der Waals surface area contributed by atoms with E-state index in [0.717, 1.165) is 21.9 Å². The molecule has 4 aromatic rings. The molecule has 278 valence electrons. The van der Waals surface area contributed by atoms with Crippen molar-refractivity contribution in [2.45, 2.75) is 84.4 Å². The monoisotopic (exact) mass is 711 g/mol. The Hall–Kier alpha value is -5.03. The van der Waals surface area contributed by atoms with Gasteiger partial charge in [-0.2, -0.15) is 0 Å². The van der Waals surface area contributed by atoms with Crippen molar-refractivity contribution in [1.29, 1.82) is 0 Å². The summed E-state index contributed by atoms with van der Waals surface area (Å²) < 4.78 is 5.32. The zero-order valence-electron chi connectivity index (χ0n) is 30.6. The van der Waals surface area contributed by atoms with E-state index < -0.39 is 41.9 Å². The molecule has 0 radical (unpaired) electrons. The van der Waals surface area contributed by atoms with E-state index >= 15 is 0 Å². The van der Waals surface area contributed by atoms with Crippen LogP contribution in [0.25, 0.3) is 10.8 Å². The smallest absolute Gasteiger partial charge is 0.337 e. The Labute approximate surface area is 306 Å². The average molecular weight is 712 g/mol. The number of aliphatic hydroxyl groups excluding tert-OH is 1. The third-order valence-corrected chi connectivity index (χ3v) is 8.95. The zero-order chi connectivity index (χ0) is 37.5. The molecule has 2 unspecified atom stereocenters. The summed E-state index contributed by atoms with van der Waals surface area (Å²) in [5.41, 5.74) is 2.59. The van der Waals surface area contributed by atoms with Crippen molar-refractivity contribution in [2.24, 2.45) is 17.8 Å². The molecule has 0 fully saturated rings. The molecule has 52 heavy (non-hydrogen) atoms. The molecule has 1 heterocycles. The van der Waals surface area contributed by atoms with Crippen molar-refractivity contribution < 1.29 is 29.0 Å². The molecule has 0 spiro atoms. The van der Waals surface area contributed by atoms with Crippen molar-refractivity contribution in [1.82, 2.24) is 25.9 Å². The van der Waals surface area contributed by atoms with Crippen LogP contribution in [-0.2, 0) is 43.2 Å². The third-order valence-electron chi connectivity index (χ3n) is 8.95. The number of carbonyl (C=O) groups excluding carboxylic acids is 4. The van der Waals surface area contributed by atoms with Crippen LogP contribution >= 0.6 is 0 Å². The van der Waals surface area contributed by atoms with Gasteiger partial charge in [-0.3, -0.25) is 14.4 Å². The summed E-state index contributed by atoms with van der Waals surface area (Å²) in [6.07, 6.45) is 3.25. The number of aromatic nitrogens is 2. The number of esters is 1. The van der Waals surface area contributed by atoms with Gasteiger partial charge in [0.1, 0.15) is 6.04 Å². The number of ether oxygens (including phenoxy) is 1. The number of imidazole rings is 1. The first-order valence-corrected chi connectivity index (χ1v) is 18.2. The number of aliphatic hydroxyl groups is 1. The number of amides is 3. The number of H-pyrrole nitrogens is 1. The molecule has 4 rings (SSSR count). The number of hydrogen-bond acceptors (Lipinski definition) is 7. The Bertz CT molecular complexity index is 1720. The minimum atomic E-state index is -1.60. The van der Waals surface area contributed by atoms with Gasteiger partial charge in [0.15, 0.2) is 6.10 Å². The second kappa shape index (κ2) is 20.1. The van der Waals surface area contributed by atoms with Crippen LogP contribution in [0.15, 0.2) is 85.3 Å². The molecule has 5 N–H and O–H groups in total. The van der Waals surface area contributed by atoms with Crippen LogP contribution < -0.4 is 16.0 Å². The fourth-order valence-electron chi connectivity index (χ4n) is 6.10. The lowest BCUT2D eigenvalue weighted by atomic mass is 9.91. The molecular weight excluding hydrogens is 658 g/mol. The van der Waals surface area contributed by atoms with E-state index in [-0.39, 0.29) is 37.7 Å². The minimum absolute atomic E-state index is 0.0227. The Morgan fingerprint density at radius 1 is 0.846 bits per heavy atom. The number of hydrogen-bond donors (Lipinski definition) is 5. The van der Waals surface area contributed by atoms with Gasteiger partial charge < -0.3 is 30.8 Å². The van der Waals surface area contributed by atoms with Gasteiger partial charge in [-0.05, 0) is 59.4 Å². The Morgan fingerprint density at radius 3 is 2.29 bits per heavy atom. The van der Waals surface area contributed by atoms with E-state index in [1.165, 1.54) is 6.33 Å². The second-order valence-electron chi connectivity index (χ2n) is 14.2. The fraction of sp³-hybridized carbons (Fsp3) is 0.439. The molecule has 0 aliphatic carbocycles. The number of carbonyl (C=O) groups is 4. The molecule has 0 saturated carbocycles. The van der Waals surface area contributed by atoms with Crippen LogP contribution in [0.4, 0.5) is 0 Å². The van der Waals surface area contributed by atoms with Crippen LogP contribution in [-0.4, -0.2) is 70.1 Å². The molecule has 0 aliphatic rings. The molecule has 0 bridgehead atoms. The maximum atomic E-state index is 14.2. The van der Waals surface area contributed by atoms with Crippen LogP contribution in [0, 0.1) is 17.8 Å². The first-order chi connectivity index (χ1) is 25.0. The van der Waals surface area contributed by atoms with Crippen LogP contribution in [0.2, 0.25) is 0 Å². The molecule has 4 atom stereocenters. The SMILES string of the molecule is CC(C)CCOC(=O)C(O)[C@H](CC(C)C)NC(=O)[C@H](Cc1cnc[nH]1)NC(=O)C(CC(=O)NCCc1ccccc1)Cc1cccc2ccccc12. The van der Waals surface area contributed by atoms with Gasteiger partial charge in [-0.15, -0.1) is 0 Å². The van der Waals surface area contributed by atoms with E-state index in [0.29, 0.717) is 37.4 Å². The number of nitrogens with zero attached hydrogens (tertiary/aromatic N) is 1. The summed E-state index contributed by atoms with van der Waals surface area (Å²) in [6.45, 7) is 8.42. The van der Waals surface area contributed by atoms with E-state index in [4.69, 9.17) is 4.74 Å². The number of fused-ring (bicyclic) bond motifs is 1. The maximum absolute atomic E-state index is 14.2. The van der Waals surface area contributed by atoms with Crippen molar-refractivity contribution in [2.75, 3.05) is 13.2 Å². The summed E-state index contributed by atoms with van der Waals surface area (Å²) in [6, 6.07) is 21.5. The number of benzene rings is 3. The first kappa shape index (κ1) is 39.8. The highest BCUT2D eigenvalue weighted by atomic mass is 16.5. The largest absolute Gasteiger partial charge is 0.464 e. The number of nitrogens with one attached hydrogen (secondary N) is 4. The molecule has 11 heteroatoms. The van der Waals surface area contributed by atoms with E-state index in [9.17, 15) is 24.3 Å². The highest BCUT2D eigenvalue weighted by Gasteiger charge is 2.34. The Kier molecular flexibility index (Phi) is 15.4. The molecule has 1 aromatic heterocycles. The summed E-state index contributed by atoms with van der Waals surface area (Å²) in [4.78, 5) is 61.4. The third kappa shape index (κ3) is 12.6. The number of aromatic amines is 1. The Morgan fingerprint density at radius 2 is 1.58 bits per heavy atom. The summed E-state index contributed by atoms with van der Waals surface area (Å²) in [7, 11) is 0. The minimum Gasteiger partial charge on any atom is -0.464 e. The highest BCUT2D eigenvalue weighted by molar-refractivity contribution is 5.92. The van der Waals surface area contributed by atoms with Crippen molar-refractivity contribution in [3.63, 3.8) is 0 Å². The topological polar surface area (TPSA) is 163 Å². The van der Waals surface area contributed by atoms with E-state index in [1.807, 2.05) is 100 Å². The zero-order valence-corrected chi connectivity index (χ0v) is 30.6. The normalized spacial score (nSPS) is 13.7. The van der Waals surface area contributed by atoms with Crippen LogP contribution in [0.1, 0.15) is 63.8 Å². The van der Waals surface area contributed by atoms with Gasteiger partial charge in [-0.1, -0.05) is 100 Å². The summed E-state index contributed by atoms with van der Waals surface area (Å²) in [5, 5.41) is 21.7. The molecule has 0 saturated heterocycles. The van der Waals surface area contributed by atoms with E-state index in [1.54, 1.807) is 6.20 Å². The second-order valence-corrected chi connectivity index (χ2v) is 14.2. The summed E-state index contributed by atoms with van der Waals surface area (Å²) in [5.74, 6) is -2.62. The standard InChI is InChI=1S/C41H53N5O6/c1-27(2)18-20-52-41(51)38(48)35(21-28(3)4)45-40(50)36(24-33-25-42-26-44-33)46-39(49)32(22-31-15-10-14-30-13-8-9-16-34(30)31)23-37(47)43-19-17-29-11-6-5-7-12-29/h5-16,25-28,32,35-36,38,48H,17-24H2,1-4H3,(H,42,44)(H,43,47)(H,45,50)(H,46,49)/t32?,35-,36-,38?/m0/s1. The molecule has 3 aromatic carbocycles. The Balaban J connectivity index is 1.54. The summed E-state index contributed by atoms with van der Waals surface area (Å²) >= 11 is 0. The highest BCUT2D eigenvalue weighted by Crippen LogP contribution is 2.23. The van der Waals surface area contributed by atoms with Crippen molar-refractivity contribution >= 4 is 34.5 Å². The molecule has 3 amide bonds. The first-order valence-electron chi connectivity index (χ1n) is 18.2. The maximum Gasteiger partial charge on any atom is 0.337 e. The van der Waals surface area contributed by atoms with Crippen molar-refractivity contribution in [3.05, 3.63) is 102 Å². The van der Waals surface area contributed by atoms with E-state index in [2.05, 4.69) is 25.9 Å². The lowest BCUT2D eigenvalue weighted by Gasteiger charge is -2.28. The van der Waals surface area contributed by atoms with Crippen LogP contribution in [0.5, 0.6) is 0 Å². The predicted molar refractivity (Wildman–Crippen MR) is 201 cm³/mol. The lowest BCUT2D eigenvalue weighted by Crippen LogP contribution is -2.56. The van der Waals surface area contributed by atoms with Gasteiger partial charge in [-0.25, -0.2) is 9.78 Å². The molecule has 0 aliphatic heterocycles. The lowest BCUT2D eigenvalue weighted by molar-refractivity contribution is -0.156. The van der Waals surface area contributed by atoms with Gasteiger partial charge in [0.05, 0.1) is 24.9 Å². The quantitative estimate of drug-likeness (QED) is 0.0832. The fourth-order valence-corrected chi connectivity index (χ4v) is 6.10. The van der Waals surface area contributed by atoms with Crippen molar-refractivity contribution in [3.8, 4) is 0 Å². The molecule has 11 nitrogen and oxygen atoms in total. The number of rotatable bonds is 20. The van der Waals surface area contributed by atoms with Gasteiger partial charge in [0.2, 0.25) is 17.7 Å². The predicted octanol–water partition coefficient (Wildman–Crippen LogP) is 4.68. The van der Waals surface area contributed by atoms with Gasteiger partial charge in [0, 0.05) is 31.3 Å². The van der Waals surface area contributed by atoms with Gasteiger partial charge in [0.25, 0.3) is 0 Å². The van der Waals surface area contributed by atoms with Crippen LogP contribution in [0.3, 0.4) is 0 Å².